The molecule has 4 aromatic carbocycles. The number of hydrogen-bond acceptors (Lipinski definition) is 7. The molecule has 0 aliphatic heterocycles. The number of carbonyl (C=O) groups is 2. The zero-order valence-corrected chi connectivity index (χ0v) is 28.8. The molecule has 1 heterocycles. The van der Waals surface area contributed by atoms with Crippen LogP contribution in [-0.2, 0) is 14.3 Å². The first-order valence-corrected chi connectivity index (χ1v) is 17.2. The van der Waals surface area contributed by atoms with Crippen molar-refractivity contribution >= 4 is 34.9 Å². The summed E-state index contributed by atoms with van der Waals surface area (Å²) in [6.45, 7) is 6.25. The lowest BCUT2D eigenvalue weighted by Crippen LogP contribution is -2.37. The summed E-state index contributed by atoms with van der Waals surface area (Å²) < 4.78 is 17.2. The van der Waals surface area contributed by atoms with Crippen LogP contribution in [0, 0.1) is 0 Å². The lowest BCUT2D eigenvalue weighted by Gasteiger charge is -2.19. The molecule has 0 saturated carbocycles. The largest absolute Gasteiger partial charge is 0.497 e. The van der Waals surface area contributed by atoms with E-state index >= 15 is 0 Å². The summed E-state index contributed by atoms with van der Waals surface area (Å²) >= 11 is 1.61. The Morgan fingerprint density at radius 3 is 2.29 bits per heavy atom. The number of thioether (sulfide) groups is 1. The summed E-state index contributed by atoms with van der Waals surface area (Å²) in [5.74, 6) is 1.33. The number of hydrogen-bond donors (Lipinski definition) is 2. The normalized spacial score (nSPS) is 13.7. The van der Waals surface area contributed by atoms with Crippen molar-refractivity contribution in [1.29, 1.82) is 0 Å². The molecule has 0 bridgehead atoms. The molecule has 1 unspecified atom stereocenters. The van der Waals surface area contributed by atoms with Crippen LogP contribution in [0.3, 0.4) is 0 Å². The molecule has 6 rings (SSSR count). The summed E-state index contributed by atoms with van der Waals surface area (Å²) in [6.07, 6.45) is 2.18. The van der Waals surface area contributed by atoms with Gasteiger partial charge in [0, 0.05) is 17.7 Å². The Bertz CT molecular complexity index is 1990. The Hall–Kier alpha value is -5.28. The number of nitrogens with zero attached hydrogens (tertiary/aromatic N) is 1. The van der Waals surface area contributed by atoms with Gasteiger partial charge in [-0.2, -0.15) is 0 Å². The molecule has 1 atom stereocenters. The molecular formula is C40H39N3O5S. The molecular weight excluding hydrogens is 635 g/mol. The molecule has 1 amide bonds. The van der Waals surface area contributed by atoms with E-state index < -0.39 is 18.1 Å². The van der Waals surface area contributed by atoms with Gasteiger partial charge in [0.2, 0.25) is 0 Å². The van der Waals surface area contributed by atoms with E-state index in [1.54, 1.807) is 61.3 Å². The second-order valence-corrected chi connectivity index (χ2v) is 12.9. The average Bonchev–Trinajstić information content (AvgIpc) is 3.68. The number of carbonyl (C=O) groups excluding carboxylic acids is 2. The van der Waals surface area contributed by atoms with Crippen molar-refractivity contribution in [3.63, 3.8) is 0 Å². The van der Waals surface area contributed by atoms with E-state index in [-0.39, 0.29) is 12.5 Å². The number of ether oxygens (including phenoxy) is 3. The average molecular weight is 674 g/mol. The molecule has 9 heteroatoms. The van der Waals surface area contributed by atoms with Gasteiger partial charge in [-0.1, -0.05) is 96.7 Å². The smallest absolute Gasteiger partial charge is 0.408 e. The molecule has 0 spiro atoms. The standard InChI is InChI=1S/C40H39N3O5S/c1-5-25(2)37(46-4)26(3)21-22-49-39-41-34-20-19-28(23-35(34)42-39)48-38(44)36(27-13-7-6-8-14-27)43-40(45)47-24-33-31-17-11-9-15-29(31)30-16-10-12-18-32(30)33/h5-20,23,33,36H,21-22,24H2,1-4H3,(H,41,42)(H,43,45)/b25-5-,37-26+. The molecule has 2 N–H and O–H groups in total. The van der Waals surface area contributed by atoms with Gasteiger partial charge in [0.05, 0.1) is 18.1 Å². The van der Waals surface area contributed by atoms with Crippen LogP contribution >= 0.6 is 11.8 Å². The highest BCUT2D eigenvalue weighted by Gasteiger charge is 2.30. The van der Waals surface area contributed by atoms with Crippen LogP contribution < -0.4 is 10.1 Å². The van der Waals surface area contributed by atoms with Gasteiger partial charge >= 0.3 is 12.1 Å². The lowest BCUT2D eigenvalue weighted by atomic mass is 9.98. The zero-order chi connectivity index (χ0) is 34.3. The monoisotopic (exact) mass is 673 g/mol. The highest BCUT2D eigenvalue weighted by Crippen LogP contribution is 2.44. The number of aromatic amines is 1. The van der Waals surface area contributed by atoms with Crippen molar-refractivity contribution in [2.75, 3.05) is 19.5 Å². The van der Waals surface area contributed by atoms with E-state index in [0.717, 1.165) is 61.9 Å². The van der Waals surface area contributed by atoms with E-state index in [2.05, 4.69) is 46.5 Å². The van der Waals surface area contributed by atoms with Gasteiger partial charge in [-0.3, -0.25) is 0 Å². The van der Waals surface area contributed by atoms with Crippen molar-refractivity contribution in [2.24, 2.45) is 0 Å². The molecule has 8 nitrogen and oxygen atoms in total. The number of nitrogens with one attached hydrogen (secondary N) is 2. The third-order valence-electron chi connectivity index (χ3n) is 8.72. The first-order valence-electron chi connectivity index (χ1n) is 16.2. The third-order valence-corrected chi connectivity index (χ3v) is 9.60. The number of rotatable bonds is 12. The molecule has 5 aromatic rings. The van der Waals surface area contributed by atoms with E-state index in [9.17, 15) is 9.59 Å². The van der Waals surface area contributed by atoms with Crippen LogP contribution in [0.4, 0.5) is 4.79 Å². The fourth-order valence-corrected chi connectivity index (χ4v) is 7.12. The number of fused-ring (bicyclic) bond motifs is 4. The van der Waals surface area contributed by atoms with Crippen LogP contribution in [0.25, 0.3) is 22.2 Å². The van der Waals surface area contributed by atoms with Crippen LogP contribution in [0.2, 0.25) is 0 Å². The van der Waals surface area contributed by atoms with Gasteiger partial charge in [0.1, 0.15) is 18.1 Å². The molecule has 0 saturated heterocycles. The zero-order valence-electron chi connectivity index (χ0n) is 28.0. The minimum absolute atomic E-state index is 0.102. The second kappa shape index (κ2) is 15.3. The second-order valence-electron chi connectivity index (χ2n) is 11.8. The van der Waals surface area contributed by atoms with Crippen LogP contribution in [0.15, 0.2) is 125 Å². The van der Waals surface area contributed by atoms with Gasteiger partial charge in [0.15, 0.2) is 11.2 Å². The quantitative estimate of drug-likeness (QED) is 0.0448. The summed E-state index contributed by atoms with van der Waals surface area (Å²) in [7, 11) is 1.70. The van der Waals surface area contributed by atoms with Crippen LogP contribution in [0.1, 0.15) is 55.8 Å². The predicted octanol–water partition coefficient (Wildman–Crippen LogP) is 9.12. The van der Waals surface area contributed by atoms with E-state index in [1.807, 2.05) is 50.3 Å². The number of benzene rings is 4. The lowest BCUT2D eigenvalue weighted by molar-refractivity contribution is -0.136. The van der Waals surface area contributed by atoms with Crippen molar-refractivity contribution in [2.45, 2.75) is 44.3 Å². The van der Waals surface area contributed by atoms with Crippen molar-refractivity contribution in [1.82, 2.24) is 15.3 Å². The third kappa shape index (κ3) is 7.57. The highest BCUT2D eigenvalue weighted by atomic mass is 32.2. The maximum atomic E-state index is 13.6. The summed E-state index contributed by atoms with van der Waals surface area (Å²) in [6, 6.07) is 29.4. The number of imidazole rings is 1. The van der Waals surface area contributed by atoms with Crippen molar-refractivity contribution in [3.05, 3.63) is 137 Å². The molecule has 1 aromatic heterocycles. The van der Waals surface area contributed by atoms with Gasteiger partial charge in [-0.15, -0.1) is 0 Å². The summed E-state index contributed by atoms with van der Waals surface area (Å²) in [5, 5.41) is 3.52. The maximum absolute atomic E-state index is 13.6. The summed E-state index contributed by atoms with van der Waals surface area (Å²) in [5.41, 5.74) is 8.86. The Balaban J connectivity index is 1.11. The Morgan fingerprint density at radius 2 is 1.61 bits per heavy atom. The van der Waals surface area contributed by atoms with Gasteiger partial charge in [0.25, 0.3) is 0 Å². The molecule has 250 valence electrons. The van der Waals surface area contributed by atoms with Gasteiger partial charge in [-0.05, 0) is 78.3 Å². The molecule has 0 fully saturated rings. The molecule has 1 aliphatic rings. The number of esters is 1. The van der Waals surface area contributed by atoms with Gasteiger partial charge in [-0.25, -0.2) is 14.6 Å². The summed E-state index contributed by atoms with van der Waals surface area (Å²) in [4.78, 5) is 34.8. The minimum Gasteiger partial charge on any atom is -0.497 e. The fourth-order valence-electron chi connectivity index (χ4n) is 6.17. The number of methoxy groups -OCH3 is 1. The number of allylic oxidation sites excluding steroid dienone is 3. The topological polar surface area (TPSA) is 103 Å². The Kier molecular flexibility index (Phi) is 10.5. The molecule has 0 radical (unpaired) electrons. The van der Waals surface area contributed by atoms with Gasteiger partial charge < -0.3 is 24.5 Å². The van der Waals surface area contributed by atoms with E-state index in [1.165, 1.54) is 5.57 Å². The number of alkyl carbamates (subject to hydrolysis) is 1. The Morgan fingerprint density at radius 1 is 0.939 bits per heavy atom. The van der Waals surface area contributed by atoms with Crippen LogP contribution in [-0.4, -0.2) is 41.5 Å². The first-order chi connectivity index (χ1) is 23.9. The van der Waals surface area contributed by atoms with E-state index in [0.29, 0.717) is 11.3 Å². The van der Waals surface area contributed by atoms with Crippen molar-refractivity contribution in [3.8, 4) is 16.9 Å². The molecule has 49 heavy (non-hydrogen) atoms. The van der Waals surface area contributed by atoms with Crippen LogP contribution in [0.5, 0.6) is 5.75 Å². The highest BCUT2D eigenvalue weighted by molar-refractivity contribution is 7.99. The first kappa shape index (κ1) is 33.6. The number of amides is 1. The predicted molar refractivity (Wildman–Crippen MR) is 194 cm³/mol. The maximum Gasteiger partial charge on any atom is 0.408 e. The number of aromatic nitrogens is 2. The molecule has 1 aliphatic carbocycles. The minimum atomic E-state index is -1.08. The SMILES string of the molecule is C/C=C(C)\C(OC)=C(\C)CCSc1nc2ccc(OC(=O)C(NC(=O)OCC3c4ccccc4-c4ccccc43)c3ccccc3)cc2[nH]1. The fraction of sp³-hybridized carbons (Fsp3) is 0.225. The van der Waals surface area contributed by atoms with E-state index in [4.69, 9.17) is 14.2 Å². The number of H-pyrrole nitrogens is 1. The Labute approximate surface area is 290 Å². The van der Waals surface area contributed by atoms with Crippen molar-refractivity contribution < 1.29 is 23.8 Å².